The molecule has 1 aromatic rings. The van der Waals surface area contributed by atoms with Gasteiger partial charge in [0.05, 0.1) is 20.3 Å². The maximum atomic E-state index is 12.0. The average molecular weight is 318 g/mol. The summed E-state index contributed by atoms with van der Waals surface area (Å²) in [6.07, 6.45) is 6.68. The third kappa shape index (κ3) is 3.24. The number of carbonyl (C=O) groups is 1. The first-order valence-electron chi connectivity index (χ1n) is 7.43. The van der Waals surface area contributed by atoms with Crippen LogP contribution in [-0.4, -0.2) is 37.0 Å². The van der Waals surface area contributed by atoms with Gasteiger partial charge < -0.3 is 19.3 Å². The Bertz CT molecular complexity index is 632. The molecule has 124 valence electrons. The van der Waals surface area contributed by atoms with Crippen LogP contribution in [0.3, 0.4) is 0 Å². The molecule has 0 fully saturated rings. The molecule has 5 heteroatoms. The fourth-order valence-electron chi connectivity index (χ4n) is 2.79. The van der Waals surface area contributed by atoms with E-state index >= 15 is 0 Å². The number of rotatable bonds is 6. The molecule has 1 aliphatic carbocycles. The molecule has 0 saturated carbocycles. The molecule has 0 heterocycles. The molecule has 0 aromatic heterocycles. The number of benzene rings is 1. The third-order valence-corrected chi connectivity index (χ3v) is 3.76. The van der Waals surface area contributed by atoms with E-state index in [4.69, 9.17) is 14.2 Å². The standard InChI is InChI=1S/C18H22O5/c1-12(2)23-18(17(19)20)10-6-5-7-15(18)14-9-8-13(21-3)11-16(14)22-4/h5-12,15H,1-4H3,(H,19,20). The fourth-order valence-corrected chi connectivity index (χ4v) is 2.79. The van der Waals surface area contributed by atoms with E-state index < -0.39 is 17.5 Å². The van der Waals surface area contributed by atoms with E-state index in [2.05, 4.69) is 0 Å². The van der Waals surface area contributed by atoms with Gasteiger partial charge in [0.1, 0.15) is 11.5 Å². The first-order chi connectivity index (χ1) is 10.9. The first kappa shape index (κ1) is 17.1. The van der Waals surface area contributed by atoms with E-state index in [1.807, 2.05) is 32.1 Å². The van der Waals surface area contributed by atoms with Crippen LogP contribution in [0.25, 0.3) is 0 Å². The highest BCUT2D eigenvalue weighted by Gasteiger charge is 2.47. The highest BCUT2D eigenvalue weighted by Crippen LogP contribution is 2.42. The van der Waals surface area contributed by atoms with Crippen molar-refractivity contribution in [3.8, 4) is 11.5 Å². The Hall–Kier alpha value is -2.27. The smallest absolute Gasteiger partial charge is 0.341 e. The van der Waals surface area contributed by atoms with Crippen molar-refractivity contribution in [2.75, 3.05) is 14.2 Å². The molecule has 2 atom stereocenters. The SMILES string of the molecule is COc1ccc(C2C=CC=CC2(OC(C)C)C(=O)O)c(OC)c1. The molecule has 1 N–H and O–H groups in total. The third-order valence-electron chi connectivity index (χ3n) is 3.76. The van der Waals surface area contributed by atoms with Crippen molar-refractivity contribution >= 4 is 5.97 Å². The van der Waals surface area contributed by atoms with E-state index in [9.17, 15) is 9.90 Å². The zero-order valence-electron chi connectivity index (χ0n) is 13.8. The zero-order valence-corrected chi connectivity index (χ0v) is 13.8. The predicted molar refractivity (Wildman–Crippen MR) is 87.2 cm³/mol. The second-order valence-corrected chi connectivity index (χ2v) is 5.59. The van der Waals surface area contributed by atoms with Crippen LogP contribution in [0.15, 0.2) is 42.5 Å². The monoisotopic (exact) mass is 318 g/mol. The van der Waals surface area contributed by atoms with E-state index in [1.165, 1.54) is 0 Å². The van der Waals surface area contributed by atoms with Crippen LogP contribution in [0, 0.1) is 0 Å². The van der Waals surface area contributed by atoms with Gasteiger partial charge in [0.15, 0.2) is 5.60 Å². The lowest BCUT2D eigenvalue weighted by Gasteiger charge is -2.37. The molecule has 0 saturated heterocycles. The highest BCUT2D eigenvalue weighted by atomic mass is 16.5. The van der Waals surface area contributed by atoms with Crippen molar-refractivity contribution < 1.29 is 24.1 Å². The molecule has 2 rings (SSSR count). The molecule has 2 unspecified atom stereocenters. The molecule has 0 spiro atoms. The Kier molecular flexibility index (Phi) is 5.11. The number of methoxy groups -OCH3 is 2. The molecule has 1 aliphatic rings. The minimum atomic E-state index is -1.47. The second-order valence-electron chi connectivity index (χ2n) is 5.59. The maximum absolute atomic E-state index is 12.0. The van der Waals surface area contributed by atoms with Crippen molar-refractivity contribution in [1.29, 1.82) is 0 Å². The number of carboxylic acids is 1. The molecular weight excluding hydrogens is 296 g/mol. The summed E-state index contributed by atoms with van der Waals surface area (Å²) >= 11 is 0. The highest BCUT2D eigenvalue weighted by molar-refractivity contribution is 5.83. The van der Waals surface area contributed by atoms with Crippen molar-refractivity contribution in [3.05, 3.63) is 48.1 Å². The van der Waals surface area contributed by atoms with Crippen molar-refractivity contribution in [2.45, 2.75) is 31.5 Å². The minimum absolute atomic E-state index is 0.242. The van der Waals surface area contributed by atoms with Crippen molar-refractivity contribution in [2.24, 2.45) is 0 Å². The van der Waals surface area contributed by atoms with Crippen LogP contribution in [0.1, 0.15) is 25.3 Å². The summed E-state index contributed by atoms with van der Waals surface area (Å²) < 4.78 is 16.5. The lowest BCUT2D eigenvalue weighted by molar-refractivity contribution is -0.165. The number of ether oxygens (including phenoxy) is 3. The molecule has 1 aromatic carbocycles. The summed E-state index contributed by atoms with van der Waals surface area (Å²) in [5.74, 6) is -0.332. The number of allylic oxidation sites excluding steroid dienone is 2. The van der Waals surface area contributed by atoms with Gasteiger partial charge in [-0.05, 0) is 26.0 Å². The fraction of sp³-hybridized carbons (Fsp3) is 0.389. The molecule has 23 heavy (non-hydrogen) atoms. The van der Waals surface area contributed by atoms with Gasteiger partial charge >= 0.3 is 5.97 Å². The number of aliphatic carboxylic acids is 1. The van der Waals surface area contributed by atoms with Crippen LogP contribution >= 0.6 is 0 Å². The summed E-state index contributed by atoms with van der Waals surface area (Å²) in [4.78, 5) is 12.0. The van der Waals surface area contributed by atoms with Gasteiger partial charge in [-0.25, -0.2) is 4.79 Å². The normalized spacial score (nSPS) is 23.1. The van der Waals surface area contributed by atoms with Gasteiger partial charge in [-0.3, -0.25) is 0 Å². The van der Waals surface area contributed by atoms with Gasteiger partial charge in [-0.1, -0.05) is 24.3 Å². The quantitative estimate of drug-likeness (QED) is 0.873. The Morgan fingerprint density at radius 1 is 1.22 bits per heavy atom. The van der Waals surface area contributed by atoms with Gasteiger partial charge in [0, 0.05) is 17.5 Å². The van der Waals surface area contributed by atoms with E-state index in [0.29, 0.717) is 11.5 Å². The van der Waals surface area contributed by atoms with Crippen LogP contribution in [-0.2, 0) is 9.53 Å². The Balaban J connectivity index is 2.56. The Morgan fingerprint density at radius 2 is 1.96 bits per heavy atom. The van der Waals surface area contributed by atoms with Crippen LogP contribution in [0.2, 0.25) is 0 Å². The zero-order chi connectivity index (χ0) is 17.0. The lowest BCUT2D eigenvalue weighted by Crippen LogP contribution is -2.47. The van der Waals surface area contributed by atoms with Crippen LogP contribution in [0.4, 0.5) is 0 Å². The van der Waals surface area contributed by atoms with E-state index in [0.717, 1.165) is 5.56 Å². The summed E-state index contributed by atoms with van der Waals surface area (Å²) in [5.41, 5.74) is -0.734. The van der Waals surface area contributed by atoms with Gasteiger partial charge in [-0.15, -0.1) is 0 Å². The summed E-state index contributed by atoms with van der Waals surface area (Å²) in [7, 11) is 3.12. The van der Waals surface area contributed by atoms with Gasteiger partial charge in [0.2, 0.25) is 0 Å². The van der Waals surface area contributed by atoms with Crippen LogP contribution in [0.5, 0.6) is 11.5 Å². The topological polar surface area (TPSA) is 65.0 Å². The lowest BCUT2D eigenvalue weighted by atomic mass is 9.78. The first-order valence-corrected chi connectivity index (χ1v) is 7.43. The van der Waals surface area contributed by atoms with Gasteiger partial charge in [0.25, 0.3) is 0 Å². The number of carboxylic acid groups (broad SMARTS) is 1. The number of hydrogen-bond donors (Lipinski definition) is 1. The molecule has 0 radical (unpaired) electrons. The van der Waals surface area contributed by atoms with E-state index in [-0.39, 0.29) is 6.10 Å². The Labute approximate surface area is 136 Å². The van der Waals surface area contributed by atoms with Crippen molar-refractivity contribution in [3.63, 3.8) is 0 Å². The molecule has 5 nitrogen and oxygen atoms in total. The molecular formula is C18H22O5. The summed E-state index contributed by atoms with van der Waals surface area (Å²) in [6.45, 7) is 3.64. The van der Waals surface area contributed by atoms with E-state index in [1.54, 1.807) is 38.5 Å². The second kappa shape index (κ2) is 6.87. The minimum Gasteiger partial charge on any atom is -0.497 e. The summed E-state index contributed by atoms with van der Waals surface area (Å²) in [5, 5.41) is 9.86. The molecule has 0 aliphatic heterocycles. The van der Waals surface area contributed by atoms with Crippen molar-refractivity contribution in [1.82, 2.24) is 0 Å². The summed E-state index contributed by atoms with van der Waals surface area (Å²) in [6, 6.07) is 5.34. The van der Waals surface area contributed by atoms with Crippen LogP contribution < -0.4 is 9.47 Å². The largest absolute Gasteiger partial charge is 0.497 e. The van der Waals surface area contributed by atoms with Gasteiger partial charge in [-0.2, -0.15) is 0 Å². The number of hydrogen-bond acceptors (Lipinski definition) is 4. The predicted octanol–water partition coefficient (Wildman–Crippen LogP) is 3.16. The average Bonchev–Trinajstić information content (AvgIpc) is 2.54. The Morgan fingerprint density at radius 3 is 2.52 bits per heavy atom. The maximum Gasteiger partial charge on any atom is 0.341 e. The molecule has 0 bridgehead atoms. The molecule has 0 amide bonds.